The van der Waals surface area contributed by atoms with Crippen LogP contribution in [-0.4, -0.2) is 15.1 Å². The van der Waals surface area contributed by atoms with Crippen molar-refractivity contribution in [2.75, 3.05) is 0 Å². The Morgan fingerprint density at radius 1 is 1.08 bits per heavy atom. The Balaban J connectivity index is 1.82. The van der Waals surface area contributed by atoms with Crippen LogP contribution in [0.25, 0.3) is 20.8 Å². The largest absolute Gasteiger partial charge is 0.384 e. The van der Waals surface area contributed by atoms with E-state index in [0.29, 0.717) is 29.1 Å². The smallest absolute Gasteiger partial charge is 0.136 e. The Morgan fingerprint density at radius 3 is 2.56 bits per heavy atom. The van der Waals surface area contributed by atoms with Crippen molar-refractivity contribution in [2.45, 2.75) is 44.6 Å². The highest BCUT2D eigenvalue weighted by atomic mass is 32.1. The van der Waals surface area contributed by atoms with Crippen molar-refractivity contribution in [3.63, 3.8) is 0 Å². The number of halogens is 2. The van der Waals surface area contributed by atoms with E-state index in [-0.39, 0.29) is 5.56 Å². The van der Waals surface area contributed by atoms with Crippen LogP contribution in [0.3, 0.4) is 0 Å². The predicted molar refractivity (Wildman–Crippen MR) is 94.5 cm³/mol. The molecule has 25 heavy (non-hydrogen) atoms. The molecule has 1 aliphatic rings. The van der Waals surface area contributed by atoms with E-state index in [9.17, 15) is 13.9 Å². The molecule has 1 aromatic carbocycles. The summed E-state index contributed by atoms with van der Waals surface area (Å²) < 4.78 is 28.1. The Kier molecular flexibility index (Phi) is 4.04. The number of hydrogen-bond acceptors (Lipinski definition) is 4. The topological polar surface area (TPSA) is 46.0 Å². The summed E-state index contributed by atoms with van der Waals surface area (Å²) in [6, 6.07) is 5.31. The first-order valence-electron chi connectivity index (χ1n) is 8.43. The zero-order chi connectivity index (χ0) is 17.6. The molecule has 1 fully saturated rings. The lowest BCUT2D eigenvalue weighted by molar-refractivity contribution is -0.00460. The van der Waals surface area contributed by atoms with Crippen molar-refractivity contribution in [1.29, 1.82) is 0 Å². The van der Waals surface area contributed by atoms with Gasteiger partial charge in [0.05, 0.1) is 21.6 Å². The summed E-state index contributed by atoms with van der Waals surface area (Å²) >= 11 is 1.33. The normalized spacial score (nSPS) is 17.1. The number of pyridine rings is 1. The summed E-state index contributed by atoms with van der Waals surface area (Å²) in [4.78, 5) is 9.13. The monoisotopic (exact) mass is 360 g/mol. The van der Waals surface area contributed by atoms with Gasteiger partial charge in [0, 0.05) is 11.6 Å². The van der Waals surface area contributed by atoms with Gasteiger partial charge in [0.2, 0.25) is 0 Å². The number of fused-ring (bicyclic) bond motifs is 1. The van der Waals surface area contributed by atoms with Crippen molar-refractivity contribution >= 4 is 21.6 Å². The quantitative estimate of drug-likeness (QED) is 0.692. The lowest BCUT2D eigenvalue weighted by Crippen LogP contribution is -2.29. The summed E-state index contributed by atoms with van der Waals surface area (Å²) in [6.07, 6.45) is 4.51. The van der Waals surface area contributed by atoms with Crippen LogP contribution in [0.2, 0.25) is 0 Å². The van der Waals surface area contributed by atoms with Gasteiger partial charge in [0.25, 0.3) is 0 Å². The molecule has 0 bridgehead atoms. The van der Waals surface area contributed by atoms with E-state index in [1.165, 1.54) is 23.5 Å². The van der Waals surface area contributed by atoms with Gasteiger partial charge < -0.3 is 5.11 Å². The standard InChI is InChI=1S/C19H18F2N2OS/c1-11-17-15(10-16(22-11)19(24)7-3-2-4-8-19)23-18(25-17)13-6-5-12(20)9-14(13)21/h5-6,9-10,24H,2-4,7-8H2,1H3. The summed E-state index contributed by atoms with van der Waals surface area (Å²) in [7, 11) is 0. The Morgan fingerprint density at radius 2 is 1.84 bits per heavy atom. The fourth-order valence-corrected chi connectivity index (χ4v) is 4.51. The van der Waals surface area contributed by atoms with Gasteiger partial charge in [0.1, 0.15) is 22.2 Å². The molecule has 3 aromatic rings. The lowest BCUT2D eigenvalue weighted by atomic mass is 9.82. The van der Waals surface area contributed by atoms with E-state index in [2.05, 4.69) is 9.97 Å². The maximum atomic E-state index is 14.1. The van der Waals surface area contributed by atoms with E-state index in [4.69, 9.17) is 0 Å². The highest BCUT2D eigenvalue weighted by Crippen LogP contribution is 2.39. The number of hydrogen-bond donors (Lipinski definition) is 1. The summed E-state index contributed by atoms with van der Waals surface area (Å²) in [5.74, 6) is -1.24. The number of thiazole rings is 1. The third-order valence-electron chi connectivity index (χ3n) is 4.86. The van der Waals surface area contributed by atoms with Crippen molar-refractivity contribution in [1.82, 2.24) is 9.97 Å². The van der Waals surface area contributed by atoms with Crippen molar-refractivity contribution in [3.05, 3.63) is 47.3 Å². The third-order valence-corrected chi connectivity index (χ3v) is 6.08. The van der Waals surface area contributed by atoms with Crippen LogP contribution in [0, 0.1) is 18.6 Å². The number of nitrogens with zero attached hydrogens (tertiary/aromatic N) is 2. The number of aromatic nitrogens is 2. The molecule has 1 aliphatic carbocycles. The average molecular weight is 360 g/mol. The maximum absolute atomic E-state index is 14.1. The Labute approximate surface area is 148 Å². The van der Waals surface area contributed by atoms with Crippen molar-refractivity contribution in [3.8, 4) is 10.6 Å². The fourth-order valence-electron chi connectivity index (χ4n) is 3.49. The SMILES string of the molecule is Cc1nc(C2(O)CCCCC2)cc2nc(-c3ccc(F)cc3F)sc12. The first-order valence-corrected chi connectivity index (χ1v) is 9.24. The second-order valence-electron chi connectivity index (χ2n) is 6.68. The van der Waals surface area contributed by atoms with E-state index in [0.717, 1.165) is 35.7 Å². The van der Waals surface area contributed by atoms with Crippen LogP contribution in [0.1, 0.15) is 43.5 Å². The molecule has 1 N–H and O–H groups in total. The molecule has 130 valence electrons. The second kappa shape index (κ2) is 6.11. The van der Waals surface area contributed by atoms with E-state index < -0.39 is 17.2 Å². The van der Waals surface area contributed by atoms with E-state index >= 15 is 0 Å². The maximum Gasteiger partial charge on any atom is 0.136 e. The van der Waals surface area contributed by atoms with Crippen LogP contribution in [0.5, 0.6) is 0 Å². The molecule has 0 unspecified atom stereocenters. The minimum Gasteiger partial charge on any atom is -0.384 e. The molecule has 0 aliphatic heterocycles. The highest BCUT2D eigenvalue weighted by molar-refractivity contribution is 7.21. The number of aryl methyl sites for hydroxylation is 1. The molecule has 6 heteroatoms. The van der Waals surface area contributed by atoms with Gasteiger partial charge in [-0.1, -0.05) is 19.3 Å². The molecule has 0 spiro atoms. The Bertz CT molecular complexity index is 948. The van der Waals surface area contributed by atoms with Gasteiger partial charge >= 0.3 is 0 Å². The Hall–Kier alpha value is -1.92. The highest BCUT2D eigenvalue weighted by Gasteiger charge is 2.33. The van der Waals surface area contributed by atoms with E-state index in [1.807, 2.05) is 13.0 Å². The molecule has 0 radical (unpaired) electrons. The van der Waals surface area contributed by atoms with Gasteiger partial charge in [0.15, 0.2) is 0 Å². The molecular weight excluding hydrogens is 342 g/mol. The lowest BCUT2D eigenvalue weighted by Gasteiger charge is -2.31. The molecule has 4 rings (SSSR count). The van der Waals surface area contributed by atoms with Crippen LogP contribution in [0.15, 0.2) is 24.3 Å². The molecule has 1 saturated carbocycles. The summed E-state index contributed by atoms with van der Waals surface area (Å²) in [5, 5.41) is 11.4. The van der Waals surface area contributed by atoms with E-state index in [1.54, 1.807) is 0 Å². The van der Waals surface area contributed by atoms with Gasteiger partial charge in [-0.25, -0.2) is 13.8 Å². The van der Waals surface area contributed by atoms with Gasteiger partial charge in [-0.15, -0.1) is 11.3 Å². The molecule has 0 atom stereocenters. The van der Waals surface area contributed by atoms with Crippen LogP contribution < -0.4 is 0 Å². The van der Waals surface area contributed by atoms with Gasteiger partial charge in [-0.3, -0.25) is 4.98 Å². The fraction of sp³-hybridized carbons (Fsp3) is 0.368. The van der Waals surface area contributed by atoms with Crippen LogP contribution >= 0.6 is 11.3 Å². The first kappa shape index (κ1) is 16.5. The van der Waals surface area contributed by atoms with Gasteiger partial charge in [-0.2, -0.15) is 0 Å². The van der Waals surface area contributed by atoms with Crippen molar-refractivity contribution in [2.24, 2.45) is 0 Å². The minimum atomic E-state index is -0.901. The molecule has 3 nitrogen and oxygen atoms in total. The first-order chi connectivity index (χ1) is 12.0. The van der Waals surface area contributed by atoms with Gasteiger partial charge in [-0.05, 0) is 38.0 Å². The number of aliphatic hydroxyl groups is 1. The number of benzene rings is 1. The van der Waals surface area contributed by atoms with Crippen LogP contribution in [-0.2, 0) is 5.60 Å². The average Bonchev–Trinajstić information content (AvgIpc) is 3.00. The number of rotatable bonds is 2. The zero-order valence-corrected chi connectivity index (χ0v) is 14.7. The minimum absolute atomic E-state index is 0.278. The second-order valence-corrected chi connectivity index (χ2v) is 7.68. The molecular formula is C19H18F2N2OS. The molecule has 2 heterocycles. The molecule has 0 saturated heterocycles. The molecule has 2 aromatic heterocycles. The summed E-state index contributed by atoms with van der Waals surface area (Å²) in [5.41, 5.74) is 1.50. The zero-order valence-electron chi connectivity index (χ0n) is 13.9. The third kappa shape index (κ3) is 2.93. The van der Waals surface area contributed by atoms with Crippen molar-refractivity contribution < 1.29 is 13.9 Å². The van der Waals surface area contributed by atoms with Crippen LogP contribution in [0.4, 0.5) is 8.78 Å². The predicted octanol–water partition coefficient (Wildman–Crippen LogP) is 5.10. The molecule has 0 amide bonds. The summed E-state index contributed by atoms with van der Waals surface area (Å²) in [6.45, 7) is 1.88.